The Morgan fingerprint density at radius 3 is 1.03 bits per heavy atom. The van der Waals surface area contributed by atoms with E-state index >= 15 is 0 Å². The molecule has 2 aliphatic rings. The number of rotatable bonds is 8. The van der Waals surface area contributed by atoms with Crippen LogP contribution in [0.15, 0.2) is 309 Å². The first kappa shape index (κ1) is 51.6. The Hall–Kier alpha value is -11.5. The standard InChI is InChI=1S/C87H60N4/c1-55-27-47-67-68-48-28-56(2)52-78(68)87(77(67)51-55,61-37-49-85-75(53-61)73-19-7-13-25-83(73)90(85)65-43-33-59(34-44-65)57-29-39-63(40-30-57)88-79-21-9-3-15-69(79)70-16-4-10-22-80(70)88)62-38-50-86-76(54-62)74-20-8-14-26-84(74)91(86)66-45-35-60(36-46-66)58-31-41-64(42-32-58)89-81-23-11-5-17-71(81)72-18-6-12-24-82(72)89/h3-35,37-54,60H,36H2,1-2H3. The van der Waals surface area contributed by atoms with Gasteiger partial charge in [-0.25, -0.2) is 0 Å². The van der Waals surface area contributed by atoms with E-state index in [1.54, 1.807) is 0 Å². The number of para-hydroxylation sites is 6. The fraction of sp³-hybridized carbons (Fsp3) is 0.0575. The van der Waals surface area contributed by atoms with Crippen LogP contribution in [-0.4, -0.2) is 18.3 Å². The van der Waals surface area contributed by atoms with Gasteiger partial charge >= 0.3 is 0 Å². The Bertz CT molecular complexity index is 5780. The van der Waals surface area contributed by atoms with Crippen LogP contribution in [0.1, 0.15) is 51.3 Å². The molecule has 0 fully saturated rings. The highest BCUT2D eigenvalue weighted by molar-refractivity contribution is 6.13. The number of hydrogen-bond acceptors (Lipinski definition) is 0. The van der Waals surface area contributed by atoms with Crippen LogP contribution in [0.3, 0.4) is 0 Å². The van der Waals surface area contributed by atoms with Gasteiger partial charge in [0.15, 0.2) is 0 Å². The molecular formula is C87H60N4. The van der Waals surface area contributed by atoms with Crippen molar-refractivity contribution in [3.8, 4) is 39.3 Å². The van der Waals surface area contributed by atoms with E-state index in [9.17, 15) is 0 Å². The van der Waals surface area contributed by atoms with Crippen LogP contribution in [0.2, 0.25) is 0 Å². The van der Waals surface area contributed by atoms with Crippen LogP contribution in [0, 0.1) is 13.8 Å². The number of aryl methyl sites for hydroxylation is 2. The molecule has 0 saturated heterocycles. The van der Waals surface area contributed by atoms with E-state index in [2.05, 4.69) is 342 Å². The lowest BCUT2D eigenvalue weighted by molar-refractivity contribution is 0.769. The molecule has 4 heteroatoms. The van der Waals surface area contributed by atoms with E-state index in [4.69, 9.17) is 0 Å². The second-order valence-electron chi connectivity index (χ2n) is 25.3. The summed E-state index contributed by atoms with van der Waals surface area (Å²) >= 11 is 0. The first-order chi connectivity index (χ1) is 44.9. The SMILES string of the molecule is Cc1ccc2c(c1)C(c1ccc3c(c1)c1ccccc1n3C1=CCC(c3ccc(-n4c5ccccc5c5ccccc54)cc3)C=C1)(c1ccc3c(c1)c1ccccc1n3-c1ccc(-c3ccc(-n4c5ccccc5c5ccccc54)cc3)cc1)c1cc(C)ccc1-2. The Morgan fingerprint density at radius 2 is 0.648 bits per heavy atom. The highest BCUT2D eigenvalue weighted by atomic mass is 15.0. The predicted octanol–water partition coefficient (Wildman–Crippen LogP) is 22.3. The van der Waals surface area contributed by atoms with E-state index in [1.807, 2.05) is 0 Å². The van der Waals surface area contributed by atoms with Gasteiger partial charge in [-0.3, -0.25) is 0 Å². The zero-order valence-corrected chi connectivity index (χ0v) is 50.5. The zero-order valence-electron chi connectivity index (χ0n) is 50.5. The first-order valence-electron chi connectivity index (χ1n) is 31.9. The largest absolute Gasteiger partial charge is 0.310 e. The normalized spacial score (nSPS) is 14.4. The van der Waals surface area contributed by atoms with Crippen molar-refractivity contribution in [3.05, 3.63) is 348 Å². The van der Waals surface area contributed by atoms with Crippen molar-refractivity contribution in [2.75, 3.05) is 0 Å². The Morgan fingerprint density at radius 1 is 0.308 bits per heavy atom. The van der Waals surface area contributed by atoms with Crippen LogP contribution in [0.5, 0.6) is 0 Å². The van der Waals surface area contributed by atoms with Crippen molar-refractivity contribution in [3.63, 3.8) is 0 Å². The van der Waals surface area contributed by atoms with Crippen molar-refractivity contribution in [2.24, 2.45) is 0 Å². The van der Waals surface area contributed by atoms with Gasteiger partial charge in [0.1, 0.15) is 0 Å². The summed E-state index contributed by atoms with van der Waals surface area (Å²) in [5.74, 6) is 0.269. The first-order valence-corrected chi connectivity index (χ1v) is 31.9. The van der Waals surface area contributed by atoms with Crippen LogP contribution in [0.4, 0.5) is 0 Å². The summed E-state index contributed by atoms with van der Waals surface area (Å²) in [6.45, 7) is 4.50. The van der Waals surface area contributed by atoms with Gasteiger partial charge in [0.25, 0.3) is 0 Å². The maximum absolute atomic E-state index is 2.54. The molecule has 1 atom stereocenters. The molecule has 0 radical (unpaired) electrons. The van der Waals surface area contributed by atoms with Crippen LogP contribution < -0.4 is 0 Å². The molecule has 19 rings (SSSR count). The van der Waals surface area contributed by atoms with Crippen molar-refractivity contribution in [1.29, 1.82) is 0 Å². The molecule has 428 valence electrons. The molecular weight excluding hydrogens is 1100 g/mol. The van der Waals surface area contributed by atoms with Gasteiger partial charge in [-0.1, -0.05) is 217 Å². The second-order valence-corrected chi connectivity index (χ2v) is 25.3. The van der Waals surface area contributed by atoms with Crippen molar-refractivity contribution in [2.45, 2.75) is 31.6 Å². The van der Waals surface area contributed by atoms with E-state index in [0.29, 0.717) is 0 Å². The van der Waals surface area contributed by atoms with Crippen molar-refractivity contribution < 1.29 is 0 Å². The molecule has 13 aromatic carbocycles. The van der Waals surface area contributed by atoms with Gasteiger partial charge < -0.3 is 18.3 Å². The molecule has 91 heavy (non-hydrogen) atoms. The van der Waals surface area contributed by atoms with E-state index in [-0.39, 0.29) is 5.92 Å². The maximum Gasteiger partial charge on any atom is 0.0714 e. The molecule has 4 heterocycles. The topological polar surface area (TPSA) is 19.7 Å². The molecule has 17 aromatic rings. The van der Waals surface area contributed by atoms with Gasteiger partial charge in [0.05, 0.1) is 49.5 Å². The summed E-state index contributed by atoms with van der Waals surface area (Å²) in [5.41, 5.74) is 27.7. The quantitative estimate of drug-likeness (QED) is 0.144. The maximum atomic E-state index is 2.54. The number of fused-ring (bicyclic) bond motifs is 15. The van der Waals surface area contributed by atoms with Crippen LogP contribution in [0.25, 0.3) is 132 Å². The van der Waals surface area contributed by atoms with Crippen LogP contribution in [-0.2, 0) is 5.41 Å². The smallest absolute Gasteiger partial charge is 0.0714 e. The number of hydrogen-bond donors (Lipinski definition) is 0. The Kier molecular flexibility index (Phi) is 11.2. The van der Waals surface area contributed by atoms with Crippen LogP contribution >= 0.6 is 0 Å². The van der Waals surface area contributed by atoms with Gasteiger partial charge in [-0.15, -0.1) is 0 Å². The molecule has 0 bridgehead atoms. The fourth-order valence-corrected chi connectivity index (χ4v) is 16.2. The third-order valence-electron chi connectivity index (χ3n) is 20.3. The van der Waals surface area contributed by atoms with E-state index in [1.165, 1.54) is 160 Å². The van der Waals surface area contributed by atoms with Crippen molar-refractivity contribution in [1.82, 2.24) is 18.3 Å². The minimum atomic E-state index is -0.634. The second kappa shape index (κ2) is 19.8. The van der Waals surface area contributed by atoms with Gasteiger partial charge in [-0.2, -0.15) is 0 Å². The van der Waals surface area contributed by atoms with Gasteiger partial charge in [0.2, 0.25) is 0 Å². The number of allylic oxidation sites excluding steroid dienone is 4. The highest BCUT2D eigenvalue weighted by Gasteiger charge is 2.47. The Labute approximate surface area is 527 Å². The molecule has 0 aliphatic heterocycles. The molecule has 4 nitrogen and oxygen atoms in total. The lowest BCUT2D eigenvalue weighted by atomic mass is 9.67. The summed E-state index contributed by atoms with van der Waals surface area (Å²) in [4.78, 5) is 0. The summed E-state index contributed by atoms with van der Waals surface area (Å²) < 4.78 is 9.75. The van der Waals surface area contributed by atoms with E-state index < -0.39 is 5.41 Å². The molecule has 0 spiro atoms. The Balaban J connectivity index is 0.705. The predicted molar refractivity (Wildman–Crippen MR) is 382 cm³/mol. The minimum Gasteiger partial charge on any atom is -0.310 e. The summed E-state index contributed by atoms with van der Waals surface area (Å²) in [6.07, 6.45) is 8.14. The molecule has 2 aliphatic carbocycles. The van der Waals surface area contributed by atoms with Crippen molar-refractivity contribution >= 4 is 92.9 Å². The third-order valence-corrected chi connectivity index (χ3v) is 20.3. The summed E-state index contributed by atoms with van der Waals surface area (Å²) in [7, 11) is 0. The molecule has 1 unspecified atom stereocenters. The van der Waals surface area contributed by atoms with Gasteiger partial charge in [0, 0.05) is 71.8 Å². The third kappa shape index (κ3) is 7.57. The fourth-order valence-electron chi connectivity index (χ4n) is 16.2. The zero-order chi connectivity index (χ0) is 60.1. The van der Waals surface area contributed by atoms with E-state index in [0.717, 1.165) is 17.8 Å². The summed E-state index contributed by atoms with van der Waals surface area (Å²) in [5, 5.41) is 10.1. The minimum absolute atomic E-state index is 0.269. The number of aromatic nitrogens is 4. The number of benzene rings is 13. The lowest BCUT2D eigenvalue weighted by Gasteiger charge is -2.34. The molecule has 0 saturated carbocycles. The molecule has 0 amide bonds. The average molecular weight is 1160 g/mol. The molecule has 0 N–H and O–H groups in total. The highest BCUT2D eigenvalue weighted by Crippen LogP contribution is 2.58. The average Bonchev–Trinajstić information content (AvgIpc) is 1.55. The summed E-state index contributed by atoms with van der Waals surface area (Å²) in [6, 6.07) is 109. The monoisotopic (exact) mass is 1160 g/mol. The lowest BCUT2D eigenvalue weighted by Crippen LogP contribution is -2.28. The number of nitrogens with zero attached hydrogens (tertiary/aromatic N) is 4. The van der Waals surface area contributed by atoms with Gasteiger partial charge in [-0.05, 0) is 173 Å². The molecule has 4 aromatic heterocycles.